The summed E-state index contributed by atoms with van der Waals surface area (Å²) in [5.74, 6) is 0. The molecule has 0 rings (SSSR count). The Bertz CT molecular complexity index is 220. The second kappa shape index (κ2) is 7.97. The molecule has 1 radical (unpaired) electrons. The van der Waals surface area contributed by atoms with Gasteiger partial charge in [-0.3, -0.25) is 0 Å². The standard InChI is InChI=1S/C2H8O7P2.Co.2Na/c1-2(3,10(4,5)6)11(7,8)9;;;/h3H,1H3,(H2,4,5,6)(H2,7,8,9);;;/q;+2;2*+1/p-4. The molecule has 0 unspecified atom stereocenters. The molecule has 0 saturated heterocycles. The summed E-state index contributed by atoms with van der Waals surface area (Å²) in [5, 5.41) is 4.68. The van der Waals surface area contributed by atoms with E-state index in [0.29, 0.717) is 0 Å². The van der Waals surface area contributed by atoms with E-state index >= 15 is 0 Å². The zero-order chi connectivity index (χ0) is 9.50. The molecule has 0 aliphatic carbocycles. The van der Waals surface area contributed by atoms with Crippen molar-refractivity contribution >= 4 is 15.2 Å². The fraction of sp³-hybridized carbons (Fsp3) is 1.00. The van der Waals surface area contributed by atoms with Crippen LogP contribution in [0.2, 0.25) is 0 Å². The molecule has 0 aromatic rings. The van der Waals surface area contributed by atoms with Gasteiger partial charge in [0.1, 0.15) is 5.08 Å². The maximum Gasteiger partial charge on any atom is 2.00 e. The van der Waals surface area contributed by atoms with E-state index in [1.165, 1.54) is 0 Å². The molecular formula is C2H4CoNa2O7P2. The largest absolute Gasteiger partial charge is 2.00 e. The monoisotopic (exact) mass is 307 g/mol. The van der Waals surface area contributed by atoms with Gasteiger partial charge in [-0.25, -0.2) is 0 Å². The third-order valence-corrected chi connectivity index (χ3v) is 4.58. The van der Waals surface area contributed by atoms with Crippen LogP contribution in [0.5, 0.6) is 0 Å². The van der Waals surface area contributed by atoms with Gasteiger partial charge in [-0.1, -0.05) is 0 Å². The van der Waals surface area contributed by atoms with Gasteiger partial charge in [-0.2, -0.15) is 0 Å². The molecule has 0 bridgehead atoms. The quantitative estimate of drug-likeness (QED) is 0.393. The Balaban J connectivity index is -0.000000167. The van der Waals surface area contributed by atoms with Crippen molar-refractivity contribution in [3.8, 4) is 0 Å². The van der Waals surface area contributed by atoms with Crippen LogP contribution in [0.25, 0.3) is 0 Å². The Morgan fingerprint density at radius 3 is 1.14 bits per heavy atom. The van der Waals surface area contributed by atoms with Crippen LogP contribution in [-0.4, -0.2) is 10.2 Å². The molecule has 12 heteroatoms. The third kappa shape index (κ3) is 6.49. The van der Waals surface area contributed by atoms with Gasteiger partial charge in [0, 0.05) is 0 Å². The fourth-order valence-corrected chi connectivity index (χ4v) is 1.35. The van der Waals surface area contributed by atoms with Crippen LogP contribution in [-0.2, 0) is 25.9 Å². The molecule has 0 atom stereocenters. The van der Waals surface area contributed by atoms with E-state index < -0.39 is 20.3 Å². The molecule has 0 amide bonds. The molecular weight excluding hydrogens is 303 g/mol. The predicted molar refractivity (Wildman–Crippen MR) is 25.8 cm³/mol. The summed E-state index contributed by atoms with van der Waals surface area (Å²) in [5.41, 5.74) is 0. The molecule has 0 aromatic heterocycles. The summed E-state index contributed by atoms with van der Waals surface area (Å²) in [4.78, 5) is 39.8. The molecule has 7 nitrogen and oxygen atoms in total. The van der Waals surface area contributed by atoms with E-state index in [2.05, 4.69) is 0 Å². The van der Waals surface area contributed by atoms with Crippen molar-refractivity contribution in [1.29, 1.82) is 0 Å². The van der Waals surface area contributed by atoms with Crippen molar-refractivity contribution in [3.63, 3.8) is 0 Å². The third-order valence-electron chi connectivity index (χ3n) is 1.04. The minimum atomic E-state index is -5.82. The topological polar surface area (TPSA) is 147 Å². The van der Waals surface area contributed by atoms with Crippen molar-refractivity contribution in [2.45, 2.75) is 12.0 Å². The van der Waals surface area contributed by atoms with Crippen LogP contribution >= 0.6 is 15.2 Å². The Kier molecular flexibility index (Phi) is 14.6. The van der Waals surface area contributed by atoms with Crippen molar-refractivity contribution in [2.24, 2.45) is 0 Å². The summed E-state index contributed by atoms with van der Waals surface area (Å²) >= 11 is 0. The minimum Gasteiger partial charge on any atom is -0.808 e. The van der Waals surface area contributed by atoms with Gasteiger partial charge in [0.2, 0.25) is 0 Å². The second-order valence-corrected chi connectivity index (χ2v) is 6.05. The van der Waals surface area contributed by atoms with E-state index in [1.54, 1.807) is 0 Å². The van der Waals surface area contributed by atoms with E-state index in [4.69, 9.17) is 5.11 Å². The van der Waals surface area contributed by atoms with Crippen molar-refractivity contribution < 1.29 is 110 Å². The molecule has 0 saturated carbocycles. The first-order valence-corrected chi connectivity index (χ1v) is 5.35. The molecule has 0 fully saturated rings. The minimum absolute atomic E-state index is 0. The first-order valence-electron chi connectivity index (χ1n) is 2.27. The van der Waals surface area contributed by atoms with Gasteiger partial charge in [0.15, 0.2) is 0 Å². The van der Waals surface area contributed by atoms with E-state index in [-0.39, 0.29) is 82.8 Å². The zero-order valence-electron chi connectivity index (χ0n) is 7.62. The van der Waals surface area contributed by atoms with Crippen LogP contribution < -0.4 is 78.7 Å². The van der Waals surface area contributed by atoms with Crippen LogP contribution in [0.15, 0.2) is 0 Å². The molecule has 0 aliphatic rings. The van der Waals surface area contributed by atoms with Crippen LogP contribution in [0.4, 0.5) is 0 Å². The van der Waals surface area contributed by atoms with Gasteiger partial charge in [-0.15, -0.1) is 0 Å². The second-order valence-electron chi connectivity index (χ2n) is 1.97. The number of hydrogen-bond acceptors (Lipinski definition) is 7. The Hall–Kier alpha value is 2.77. The molecule has 0 heterocycles. The van der Waals surface area contributed by atoms with E-state index in [0.717, 1.165) is 0 Å². The molecule has 75 valence electrons. The van der Waals surface area contributed by atoms with E-state index in [9.17, 15) is 28.7 Å². The normalized spacial score (nSPS) is 11.9. The van der Waals surface area contributed by atoms with Crippen LogP contribution in [0.3, 0.4) is 0 Å². The Labute approximate surface area is 135 Å². The summed E-state index contributed by atoms with van der Waals surface area (Å²) in [7, 11) is -11.6. The molecule has 0 aliphatic heterocycles. The van der Waals surface area contributed by atoms with Crippen LogP contribution in [0.1, 0.15) is 6.92 Å². The van der Waals surface area contributed by atoms with E-state index in [1.807, 2.05) is 0 Å². The molecule has 14 heavy (non-hydrogen) atoms. The maximum atomic E-state index is 9.95. The molecule has 1 N–H and O–H groups in total. The Morgan fingerprint density at radius 2 is 1.14 bits per heavy atom. The Morgan fingerprint density at radius 1 is 1.00 bits per heavy atom. The van der Waals surface area contributed by atoms with Gasteiger partial charge in [0.05, 0.1) is 0 Å². The SMILES string of the molecule is CC(O)(P(=O)([O-])[O-])P(=O)([O-])[O-].[Co+2].[Na+].[Na+]. The molecule has 0 aromatic carbocycles. The summed E-state index contributed by atoms with van der Waals surface area (Å²) in [6.45, 7) is 0.133. The summed E-state index contributed by atoms with van der Waals surface area (Å²) < 4.78 is 19.9. The first-order chi connectivity index (χ1) is 4.50. The predicted octanol–water partition coefficient (Wildman–Crippen LogP) is -9.51. The summed E-state index contributed by atoms with van der Waals surface area (Å²) in [6.07, 6.45) is 0. The van der Waals surface area contributed by atoms with Crippen molar-refractivity contribution in [1.82, 2.24) is 0 Å². The molecule has 0 spiro atoms. The smallest absolute Gasteiger partial charge is 0.808 e. The zero-order valence-corrected chi connectivity index (χ0v) is 14.5. The number of rotatable bonds is 2. The van der Waals surface area contributed by atoms with Crippen molar-refractivity contribution in [3.05, 3.63) is 0 Å². The first kappa shape index (κ1) is 25.6. The number of aliphatic hydroxyl groups is 1. The van der Waals surface area contributed by atoms with Crippen LogP contribution in [0, 0.1) is 0 Å². The number of hydrogen-bond donors (Lipinski definition) is 1. The van der Waals surface area contributed by atoms with Crippen molar-refractivity contribution in [2.75, 3.05) is 0 Å². The van der Waals surface area contributed by atoms with Gasteiger partial charge in [-0.05, 0) is 22.1 Å². The average molecular weight is 307 g/mol. The average Bonchev–Trinajstić information content (AvgIpc) is 1.58. The fourth-order valence-electron chi connectivity index (χ4n) is 0.150. The maximum absolute atomic E-state index is 9.95. The van der Waals surface area contributed by atoms with Gasteiger partial charge in [0.25, 0.3) is 0 Å². The van der Waals surface area contributed by atoms with Gasteiger partial charge < -0.3 is 33.8 Å². The summed E-state index contributed by atoms with van der Waals surface area (Å²) in [6, 6.07) is 0. The van der Waals surface area contributed by atoms with Gasteiger partial charge >= 0.3 is 75.9 Å².